The highest BCUT2D eigenvalue weighted by molar-refractivity contribution is 5.77. The van der Waals surface area contributed by atoms with Crippen molar-refractivity contribution in [3.05, 3.63) is 35.4 Å². The summed E-state index contributed by atoms with van der Waals surface area (Å²) in [7, 11) is 1.59. The Labute approximate surface area is 120 Å². The zero-order chi connectivity index (χ0) is 15.0. The van der Waals surface area contributed by atoms with Gasteiger partial charge >= 0.3 is 0 Å². The number of amides is 1. The molecule has 1 amide bonds. The van der Waals surface area contributed by atoms with Gasteiger partial charge in [-0.05, 0) is 25.5 Å². The van der Waals surface area contributed by atoms with E-state index in [1.807, 2.05) is 38.1 Å². The van der Waals surface area contributed by atoms with Gasteiger partial charge in [-0.1, -0.05) is 30.0 Å². The molecule has 1 aromatic rings. The molecule has 0 aliphatic carbocycles. The number of benzene rings is 1. The summed E-state index contributed by atoms with van der Waals surface area (Å²) in [6.45, 7) is 3.97. The molecule has 0 saturated carbocycles. The summed E-state index contributed by atoms with van der Waals surface area (Å²) in [6.07, 6.45) is 0.300. The number of carbonyl (C=O) groups excluding carboxylic acids is 1. The van der Waals surface area contributed by atoms with E-state index in [-0.39, 0.29) is 12.5 Å². The van der Waals surface area contributed by atoms with Crippen molar-refractivity contribution in [3.63, 3.8) is 0 Å². The third kappa shape index (κ3) is 5.43. The van der Waals surface area contributed by atoms with Crippen LogP contribution in [0.15, 0.2) is 24.3 Å². The normalized spacial score (nSPS) is 10.6. The number of hydrogen-bond acceptors (Lipinski definition) is 3. The molecule has 0 aliphatic rings. The monoisotopic (exact) mass is 275 g/mol. The van der Waals surface area contributed by atoms with E-state index in [0.717, 1.165) is 11.1 Å². The minimum Gasteiger partial charge on any atom is -0.384 e. The van der Waals surface area contributed by atoms with Crippen molar-refractivity contribution >= 4 is 5.91 Å². The molecule has 0 aromatic heterocycles. The van der Waals surface area contributed by atoms with Gasteiger partial charge in [0.2, 0.25) is 5.91 Å². The largest absolute Gasteiger partial charge is 0.384 e. The van der Waals surface area contributed by atoms with Gasteiger partial charge in [-0.15, -0.1) is 0 Å². The molecular formula is C16H21NO3. The second-order valence-electron chi connectivity index (χ2n) is 5.03. The van der Waals surface area contributed by atoms with Crippen LogP contribution in [0, 0.1) is 11.8 Å². The van der Waals surface area contributed by atoms with Crippen LogP contribution in [0.5, 0.6) is 0 Å². The average molecular weight is 275 g/mol. The molecule has 0 heterocycles. The molecular weight excluding hydrogens is 254 g/mol. The van der Waals surface area contributed by atoms with E-state index >= 15 is 0 Å². The summed E-state index contributed by atoms with van der Waals surface area (Å²) < 4.78 is 5.23. The van der Waals surface area contributed by atoms with E-state index < -0.39 is 5.60 Å². The molecule has 2 N–H and O–H groups in total. The molecule has 1 rings (SSSR count). The number of aliphatic hydroxyl groups is 1. The van der Waals surface area contributed by atoms with Crippen LogP contribution >= 0.6 is 0 Å². The van der Waals surface area contributed by atoms with E-state index in [1.165, 1.54) is 0 Å². The minimum atomic E-state index is -0.472. The van der Waals surface area contributed by atoms with Gasteiger partial charge in [0.25, 0.3) is 0 Å². The third-order valence-corrected chi connectivity index (χ3v) is 2.93. The van der Waals surface area contributed by atoms with Crippen molar-refractivity contribution in [2.75, 3.05) is 13.7 Å². The molecule has 1 aromatic carbocycles. The molecule has 108 valence electrons. The van der Waals surface area contributed by atoms with Crippen LogP contribution in [0.25, 0.3) is 0 Å². The topological polar surface area (TPSA) is 58.6 Å². The van der Waals surface area contributed by atoms with E-state index in [4.69, 9.17) is 9.84 Å². The average Bonchev–Trinajstić information content (AvgIpc) is 2.43. The molecule has 0 atom stereocenters. The second-order valence-corrected chi connectivity index (χ2v) is 5.03. The lowest BCUT2D eigenvalue weighted by Crippen LogP contribution is -2.33. The molecule has 0 spiro atoms. The number of rotatable bonds is 5. The van der Waals surface area contributed by atoms with E-state index in [2.05, 4.69) is 17.2 Å². The van der Waals surface area contributed by atoms with Crippen LogP contribution in [-0.4, -0.2) is 30.3 Å². The van der Waals surface area contributed by atoms with Gasteiger partial charge < -0.3 is 15.2 Å². The molecule has 0 unspecified atom stereocenters. The first kappa shape index (κ1) is 16.2. The molecule has 0 bridgehead atoms. The zero-order valence-electron chi connectivity index (χ0n) is 12.2. The van der Waals surface area contributed by atoms with Gasteiger partial charge in [0.05, 0.1) is 12.0 Å². The first-order chi connectivity index (χ1) is 9.48. The second kappa shape index (κ2) is 7.68. The lowest BCUT2D eigenvalue weighted by atomic mass is 10.0. The van der Waals surface area contributed by atoms with Crippen LogP contribution in [0.4, 0.5) is 0 Å². The van der Waals surface area contributed by atoms with Crippen LogP contribution in [0.3, 0.4) is 0 Å². The van der Waals surface area contributed by atoms with Crippen LogP contribution in [-0.2, 0) is 16.1 Å². The van der Waals surface area contributed by atoms with Crippen molar-refractivity contribution in [3.8, 4) is 11.8 Å². The molecule has 4 heteroatoms. The summed E-state index contributed by atoms with van der Waals surface area (Å²) in [4.78, 5) is 11.8. The zero-order valence-corrected chi connectivity index (χ0v) is 12.2. The maximum Gasteiger partial charge on any atom is 0.223 e. The standard InChI is InChI=1S/C16H21NO3/c1-16(2,20-3)11-15(19)17-12-14-8-5-4-7-13(14)9-6-10-18/h4-5,7-8,18H,10-12H2,1-3H3,(H,17,19). The summed E-state index contributed by atoms with van der Waals surface area (Å²) in [5.74, 6) is 5.42. The van der Waals surface area contributed by atoms with Crippen LogP contribution in [0.2, 0.25) is 0 Å². The first-order valence-electron chi connectivity index (χ1n) is 6.48. The van der Waals surface area contributed by atoms with E-state index in [0.29, 0.717) is 13.0 Å². The minimum absolute atomic E-state index is 0.0678. The number of ether oxygens (including phenoxy) is 1. The highest BCUT2D eigenvalue weighted by Gasteiger charge is 2.20. The Morgan fingerprint density at radius 2 is 2.10 bits per heavy atom. The summed E-state index contributed by atoms with van der Waals surface area (Å²) in [6, 6.07) is 7.54. The predicted molar refractivity (Wildman–Crippen MR) is 78.0 cm³/mol. The highest BCUT2D eigenvalue weighted by atomic mass is 16.5. The van der Waals surface area contributed by atoms with Crippen molar-refractivity contribution in [1.29, 1.82) is 0 Å². The number of hydrogen-bond donors (Lipinski definition) is 2. The lowest BCUT2D eigenvalue weighted by molar-refractivity contribution is -0.126. The number of methoxy groups -OCH3 is 1. The Bertz CT molecular complexity index is 512. The maximum absolute atomic E-state index is 11.8. The van der Waals surface area contributed by atoms with Gasteiger partial charge in [0.1, 0.15) is 6.61 Å². The number of nitrogens with one attached hydrogen (secondary N) is 1. The molecule has 20 heavy (non-hydrogen) atoms. The third-order valence-electron chi connectivity index (χ3n) is 2.93. The predicted octanol–water partition coefficient (Wildman–Crippen LogP) is 1.46. The number of aliphatic hydroxyl groups excluding tert-OH is 1. The quantitative estimate of drug-likeness (QED) is 0.800. The Kier molecular flexibility index (Phi) is 6.23. The molecule has 0 saturated heterocycles. The summed E-state index contributed by atoms with van der Waals surface area (Å²) in [5.41, 5.74) is 1.27. The van der Waals surface area contributed by atoms with Crippen molar-refractivity contribution in [2.24, 2.45) is 0 Å². The maximum atomic E-state index is 11.8. The smallest absolute Gasteiger partial charge is 0.223 e. The van der Waals surface area contributed by atoms with Crippen molar-refractivity contribution in [2.45, 2.75) is 32.4 Å². The fraction of sp³-hybridized carbons (Fsp3) is 0.438. The Morgan fingerprint density at radius 3 is 2.75 bits per heavy atom. The Hall–Kier alpha value is -1.83. The Balaban J connectivity index is 2.64. The summed E-state index contributed by atoms with van der Waals surface area (Å²) in [5, 5.41) is 11.6. The Morgan fingerprint density at radius 1 is 1.40 bits per heavy atom. The van der Waals surface area contributed by atoms with E-state index in [9.17, 15) is 4.79 Å². The first-order valence-corrected chi connectivity index (χ1v) is 6.48. The van der Waals surface area contributed by atoms with Gasteiger partial charge in [0.15, 0.2) is 0 Å². The molecule has 0 aliphatic heterocycles. The SMILES string of the molecule is COC(C)(C)CC(=O)NCc1ccccc1C#CCO. The molecule has 0 fully saturated rings. The fourth-order valence-electron chi connectivity index (χ4n) is 1.65. The van der Waals surface area contributed by atoms with Crippen LogP contribution in [0.1, 0.15) is 31.4 Å². The van der Waals surface area contributed by atoms with E-state index in [1.54, 1.807) is 7.11 Å². The number of carbonyl (C=O) groups is 1. The van der Waals surface area contributed by atoms with Crippen molar-refractivity contribution in [1.82, 2.24) is 5.32 Å². The fourth-order valence-corrected chi connectivity index (χ4v) is 1.65. The summed E-state index contributed by atoms with van der Waals surface area (Å²) >= 11 is 0. The van der Waals surface area contributed by atoms with Gasteiger partial charge in [-0.25, -0.2) is 0 Å². The van der Waals surface area contributed by atoms with Crippen LogP contribution < -0.4 is 5.32 Å². The molecule has 4 nitrogen and oxygen atoms in total. The van der Waals surface area contributed by atoms with Gasteiger partial charge in [-0.3, -0.25) is 4.79 Å². The van der Waals surface area contributed by atoms with Gasteiger partial charge in [0, 0.05) is 19.2 Å². The highest BCUT2D eigenvalue weighted by Crippen LogP contribution is 2.13. The molecule has 0 radical (unpaired) electrons. The lowest BCUT2D eigenvalue weighted by Gasteiger charge is -2.22. The van der Waals surface area contributed by atoms with Gasteiger partial charge in [-0.2, -0.15) is 0 Å². The van der Waals surface area contributed by atoms with Crippen molar-refractivity contribution < 1.29 is 14.6 Å².